The highest BCUT2D eigenvalue weighted by Crippen LogP contribution is 2.26. The van der Waals surface area contributed by atoms with Crippen molar-refractivity contribution in [1.29, 1.82) is 0 Å². The third-order valence-electron chi connectivity index (χ3n) is 2.31. The molecule has 14 heavy (non-hydrogen) atoms. The average molecular weight is 191 g/mol. The molecule has 0 aromatic carbocycles. The van der Waals surface area contributed by atoms with E-state index in [0.717, 1.165) is 30.6 Å². The SMILES string of the molecule is OC(C1=COCCC1)c1cccnc1. The Kier molecular flexibility index (Phi) is 2.79. The first-order valence-corrected chi connectivity index (χ1v) is 4.76. The molecule has 0 bridgehead atoms. The van der Waals surface area contributed by atoms with Crippen LogP contribution in [0.1, 0.15) is 24.5 Å². The summed E-state index contributed by atoms with van der Waals surface area (Å²) in [5.41, 5.74) is 1.76. The zero-order valence-electron chi connectivity index (χ0n) is 7.89. The molecule has 0 saturated carbocycles. The van der Waals surface area contributed by atoms with Crippen molar-refractivity contribution in [2.24, 2.45) is 0 Å². The van der Waals surface area contributed by atoms with Gasteiger partial charge in [0.05, 0.1) is 12.9 Å². The van der Waals surface area contributed by atoms with Crippen molar-refractivity contribution in [2.45, 2.75) is 18.9 Å². The molecule has 0 fully saturated rings. The summed E-state index contributed by atoms with van der Waals surface area (Å²) in [5.74, 6) is 0. The molecule has 0 saturated heterocycles. The van der Waals surface area contributed by atoms with Crippen LogP contribution in [0.25, 0.3) is 0 Å². The Labute approximate surface area is 83.1 Å². The van der Waals surface area contributed by atoms with Gasteiger partial charge in [0.15, 0.2) is 0 Å². The van der Waals surface area contributed by atoms with Crippen molar-refractivity contribution in [2.75, 3.05) is 6.61 Å². The quantitative estimate of drug-likeness (QED) is 0.775. The van der Waals surface area contributed by atoms with Crippen LogP contribution in [0, 0.1) is 0 Å². The van der Waals surface area contributed by atoms with E-state index in [2.05, 4.69) is 4.98 Å². The molecule has 3 nitrogen and oxygen atoms in total. The molecule has 1 atom stereocenters. The Morgan fingerprint density at radius 2 is 2.43 bits per heavy atom. The maximum atomic E-state index is 9.96. The van der Waals surface area contributed by atoms with Crippen LogP contribution < -0.4 is 0 Å². The first-order chi connectivity index (χ1) is 6.88. The molecule has 2 rings (SSSR count). The van der Waals surface area contributed by atoms with Gasteiger partial charge in [-0.2, -0.15) is 0 Å². The molecule has 1 aliphatic heterocycles. The third kappa shape index (κ3) is 1.93. The molecular formula is C11H13NO2. The van der Waals surface area contributed by atoms with E-state index in [1.54, 1.807) is 18.7 Å². The number of aliphatic hydroxyl groups excluding tert-OH is 1. The first kappa shape index (κ1) is 9.21. The second-order valence-corrected chi connectivity index (χ2v) is 3.36. The molecule has 0 spiro atoms. The molecular weight excluding hydrogens is 178 g/mol. The number of hydrogen-bond acceptors (Lipinski definition) is 3. The van der Waals surface area contributed by atoms with Gasteiger partial charge in [-0.05, 0) is 24.5 Å². The Hall–Kier alpha value is -1.35. The van der Waals surface area contributed by atoms with Gasteiger partial charge >= 0.3 is 0 Å². The molecule has 3 heteroatoms. The highest BCUT2D eigenvalue weighted by Gasteiger charge is 2.15. The molecule has 0 radical (unpaired) electrons. The standard InChI is InChI=1S/C11H13NO2/c13-11(9-3-1-5-12-7-9)10-4-2-6-14-8-10/h1,3,5,7-8,11,13H,2,4,6H2. The Bertz CT molecular complexity index is 321. The summed E-state index contributed by atoms with van der Waals surface area (Å²) in [6.07, 6.45) is 6.35. The Morgan fingerprint density at radius 1 is 1.50 bits per heavy atom. The van der Waals surface area contributed by atoms with E-state index in [0.29, 0.717) is 0 Å². The highest BCUT2D eigenvalue weighted by atomic mass is 16.5. The lowest BCUT2D eigenvalue weighted by atomic mass is 9.99. The zero-order chi connectivity index (χ0) is 9.80. The predicted octanol–water partition coefficient (Wildman–Crippen LogP) is 1.81. The van der Waals surface area contributed by atoms with E-state index < -0.39 is 6.10 Å². The van der Waals surface area contributed by atoms with Crippen molar-refractivity contribution < 1.29 is 9.84 Å². The molecule has 1 aliphatic rings. The molecule has 1 aromatic heterocycles. The minimum absolute atomic E-state index is 0.566. The van der Waals surface area contributed by atoms with Gasteiger partial charge in [-0.3, -0.25) is 4.98 Å². The average Bonchev–Trinajstić information content (AvgIpc) is 2.30. The maximum absolute atomic E-state index is 9.96. The van der Waals surface area contributed by atoms with Crippen LogP contribution in [-0.2, 0) is 4.74 Å². The first-order valence-electron chi connectivity index (χ1n) is 4.76. The van der Waals surface area contributed by atoms with Gasteiger partial charge in [0, 0.05) is 18.0 Å². The summed E-state index contributed by atoms with van der Waals surface area (Å²) in [6, 6.07) is 3.69. The van der Waals surface area contributed by atoms with E-state index >= 15 is 0 Å². The number of hydrogen-bond donors (Lipinski definition) is 1. The van der Waals surface area contributed by atoms with Crippen molar-refractivity contribution in [1.82, 2.24) is 4.98 Å². The van der Waals surface area contributed by atoms with E-state index in [-0.39, 0.29) is 0 Å². The van der Waals surface area contributed by atoms with Crippen molar-refractivity contribution in [3.05, 3.63) is 41.9 Å². The van der Waals surface area contributed by atoms with E-state index in [9.17, 15) is 5.11 Å². The van der Waals surface area contributed by atoms with Crippen LogP contribution in [0.5, 0.6) is 0 Å². The zero-order valence-corrected chi connectivity index (χ0v) is 7.89. The lowest BCUT2D eigenvalue weighted by Crippen LogP contribution is -2.07. The Balaban J connectivity index is 2.15. The van der Waals surface area contributed by atoms with Gasteiger partial charge in [0.25, 0.3) is 0 Å². The lowest BCUT2D eigenvalue weighted by molar-refractivity contribution is 0.170. The van der Waals surface area contributed by atoms with Gasteiger partial charge in [-0.15, -0.1) is 0 Å². The lowest BCUT2D eigenvalue weighted by Gasteiger charge is -2.18. The molecule has 74 valence electrons. The van der Waals surface area contributed by atoms with Crippen molar-refractivity contribution >= 4 is 0 Å². The largest absolute Gasteiger partial charge is 0.501 e. The fourth-order valence-corrected chi connectivity index (χ4v) is 1.54. The highest BCUT2D eigenvalue weighted by molar-refractivity contribution is 5.22. The topological polar surface area (TPSA) is 42.4 Å². The van der Waals surface area contributed by atoms with Crippen LogP contribution in [0.3, 0.4) is 0 Å². The fraction of sp³-hybridized carbons (Fsp3) is 0.364. The van der Waals surface area contributed by atoms with Crippen molar-refractivity contribution in [3.63, 3.8) is 0 Å². The number of aliphatic hydroxyl groups is 1. The summed E-state index contributed by atoms with van der Waals surface area (Å²) in [6.45, 7) is 0.753. The Morgan fingerprint density at radius 3 is 3.07 bits per heavy atom. The molecule has 1 aromatic rings. The molecule has 1 N–H and O–H groups in total. The summed E-state index contributed by atoms with van der Waals surface area (Å²) >= 11 is 0. The number of aromatic nitrogens is 1. The fourth-order valence-electron chi connectivity index (χ4n) is 1.54. The van der Waals surface area contributed by atoms with E-state index in [4.69, 9.17) is 4.74 Å². The smallest absolute Gasteiger partial charge is 0.105 e. The van der Waals surface area contributed by atoms with E-state index in [1.165, 1.54) is 0 Å². The van der Waals surface area contributed by atoms with Gasteiger partial charge in [-0.1, -0.05) is 6.07 Å². The monoisotopic (exact) mass is 191 g/mol. The molecule has 0 aliphatic carbocycles. The minimum Gasteiger partial charge on any atom is -0.501 e. The van der Waals surface area contributed by atoms with Crippen molar-refractivity contribution in [3.8, 4) is 0 Å². The minimum atomic E-state index is -0.566. The number of rotatable bonds is 2. The number of ether oxygens (including phenoxy) is 1. The second kappa shape index (κ2) is 4.24. The van der Waals surface area contributed by atoms with Gasteiger partial charge in [0.1, 0.15) is 6.10 Å². The predicted molar refractivity (Wildman–Crippen MR) is 52.5 cm³/mol. The normalized spacial score (nSPS) is 18.2. The van der Waals surface area contributed by atoms with Crippen LogP contribution in [0.4, 0.5) is 0 Å². The van der Waals surface area contributed by atoms with Crippen LogP contribution in [-0.4, -0.2) is 16.7 Å². The van der Waals surface area contributed by atoms with Crippen LogP contribution in [0.2, 0.25) is 0 Å². The molecule has 2 heterocycles. The van der Waals surface area contributed by atoms with Crippen LogP contribution >= 0.6 is 0 Å². The van der Waals surface area contributed by atoms with Gasteiger partial charge < -0.3 is 9.84 Å². The maximum Gasteiger partial charge on any atom is 0.105 e. The number of pyridine rings is 1. The summed E-state index contributed by atoms with van der Waals surface area (Å²) < 4.78 is 5.18. The van der Waals surface area contributed by atoms with E-state index in [1.807, 2.05) is 12.1 Å². The summed E-state index contributed by atoms with van der Waals surface area (Å²) in [5, 5.41) is 9.96. The van der Waals surface area contributed by atoms with Gasteiger partial charge in [-0.25, -0.2) is 0 Å². The summed E-state index contributed by atoms with van der Waals surface area (Å²) in [7, 11) is 0. The number of nitrogens with zero attached hydrogens (tertiary/aromatic N) is 1. The third-order valence-corrected chi connectivity index (χ3v) is 2.31. The summed E-state index contributed by atoms with van der Waals surface area (Å²) in [4.78, 5) is 3.97. The van der Waals surface area contributed by atoms with Crippen LogP contribution in [0.15, 0.2) is 36.4 Å². The van der Waals surface area contributed by atoms with Gasteiger partial charge in [0.2, 0.25) is 0 Å². The molecule has 0 amide bonds. The second-order valence-electron chi connectivity index (χ2n) is 3.36. The molecule has 1 unspecified atom stereocenters.